The molecule has 1 aromatic carbocycles. The zero-order valence-corrected chi connectivity index (χ0v) is 15.4. The summed E-state index contributed by atoms with van der Waals surface area (Å²) < 4.78 is 0. The molecule has 0 spiro atoms. The molecule has 0 radical (unpaired) electrons. The summed E-state index contributed by atoms with van der Waals surface area (Å²) in [7, 11) is 0. The average molecular weight is 372 g/mol. The number of hydrogen-bond acceptors (Lipinski definition) is 5. The van der Waals surface area contributed by atoms with Gasteiger partial charge in [-0.15, -0.1) is 0 Å². The van der Waals surface area contributed by atoms with Gasteiger partial charge in [-0.05, 0) is 77.3 Å². The van der Waals surface area contributed by atoms with E-state index in [-0.39, 0.29) is 6.54 Å². The number of thioether (sulfide) groups is 1. The van der Waals surface area contributed by atoms with Crippen LogP contribution in [-0.2, 0) is 9.59 Å². The van der Waals surface area contributed by atoms with Gasteiger partial charge in [0, 0.05) is 5.69 Å². The van der Waals surface area contributed by atoms with Gasteiger partial charge in [0.05, 0.1) is 4.91 Å². The first-order valence-electron chi connectivity index (χ1n) is 7.59. The summed E-state index contributed by atoms with van der Waals surface area (Å²) in [6, 6.07) is 7.43. The van der Waals surface area contributed by atoms with Crippen LogP contribution in [0.5, 0.6) is 0 Å². The van der Waals surface area contributed by atoms with Crippen molar-refractivity contribution in [3.8, 4) is 0 Å². The van der Waals surface area contributed by atoms with E-state index in [1.165, 1.54) is 11.3 Å². The number of nitrogens with one attached hydrogen (secondary N) is 1. The number of carbonyl (C=O) groups excluding carboxylic acids is 3. The van der Waals surface area contributed by atoms with Crippen LogP contribution in [0, 0.1) is 13.8 Å². The van der Waals surface area contributed by atoms with E-state index in [4.69, 9.17) is 0 Å². The minimum absolute atomic E-state index is 0.293. The van der Waals surface area contributed by atoms with Crippen molar-refractivity contribution < 1.29 is 14.4 Å². The van der Waals surface area contributed by atoms with Crippen LogP contribution >= 0.6 is 23.1 Å². The van der Waals surface area contributed by atoms with Crippen molar-refractivity contribution in [2.75, 3.05) is 11.9 Å². The molecule has 1 N–H and O–H groups in total. The van der Waals surface area contributed by atoms with E-state index in [2.05, 4.69) is 5.32 Å². The lowest BCUT2D eigenvalue weighted by Crippen LogP contribution is -2.36. The third-order valence-corrected chi connectivity index (χ3v) is 5.42. The number of benzene rings is 1. The predicted octanol–water partition coefficient (Wildman–Crippen LogP) is 4.04. The van der Waals surface area contributed by atoms with E-state index in [1.54, 1.807) is 12.1 Å². The van der Waals surface area contributed by atoms with Gasteiger partial charge in [0.15, 0.2) is 0 Å². The first-order chi connectivity index (χ1) is 11.9. The smallest absolute Gasteiger partial charge is 0.294 e. The predicted molar refractivity (Wildman–Crippen MR) is 102 cm³/mol. The van der Waals surface area contributed by atoms with Crippen LogP contribution in [-0.4, -0.2) is 28.5 Å². The number of amides is 3. The van der Waals surface area contributed by atoms with Gasteiger partial charge in [-0.25, -0.2) is 0 Å². The molecule has 25 heavy (non-hydrogen) atoms. The van der Waals surface area contributed by atoms with Crippen LogP contribution in [0.4, 0.5) is 10.5 Å². The molecular weight excluding hydrogens is 356 g/mol. The monoisotopic (exact) mass is 372 g/mol. The van der Waals surface area contributed by atoms with Gasteiger partial charge in [-0.1, -0.05) is 6.07 Å². The van der Waals surface area contributed by atoms with E-state index in [1.807, 2.05) is 42.8 Å². The summed E-state index contributed by atoms with van der Waals surface area (Å²) in [5.41, 5.74) is 3.70. The lowest BCUT2D eigenvalue weighted by atomic mass is 10.1. The third kappa shape index (κ3) is 4.00. The van der Waals surface area contributed by atoms with Crippen molar-refractivity contribution in [1.29, 1.82) is 0 Å². The normalized spacial score (nSPS) is 15.9. The van der Waals surface area contributed by atoms with Gasteiger partial charge in [-0.2, -0.15) is 11.3 Å². The first-order valence-corrected chi connectivity index (χ1v) is 9.34. The number of imide groups is 1. The van der Waals surface area contributed by atoms with Gasteiger partial charge in [0.25, 0.3) is 11.1 Å². The van der Waals surface area contributed by atoms with E-state index in [0.29, 0.717) is 10.6 Å². The fraction of sp³-hybridized carbons (Fsp3) is 0.167. The van der Waals surface area contributed by atoms with Crippen molar-refractivity contribution in [3.05, 3.63) is 56.6 Å². The summed E-state index contributed by atoms with van der Waals surface area (Å²) >= 11 is 2.37. The maximum atomic E-state index is 12.4. The SMILES string of the molecule is Cc1ccc(NC(=O)CN2C(=O)S/C(=C/c3ccsc3)C2=O)cc1C. The minimum atomic E-state index is -0.434. The van der Waals surface area contributed by atoms with Crippen LogP contribution in [0.2, 0.25) is 0 Å². The molecule has 1 saturated heterocycles. The Labute approximate surface area is 153 Å². The molecule has 3 rings (SSSR count). The van der Waals surface area contributed by atoms with Gasteiger partial charge < -0.3 is 5.32 Å². The number of rotatable bonds is 4. The van der Waals surface area contributed by atoms with Crippen LogP contribution < -0.4 is 5.32 Å². The number of carbonyl (C=O) groups is 3. The highest BCUT2D eigenvalue weighted by molar-refractivity contribution is 8.18. The number of nitrogens with zero attached hydrogens (tertiary/aromatic N) is 1. The molecule has 1 fully saturated rings. The Morgan fingerprint density at radius 3 is 2.68 bits per heavy atom. The Morgan fingerprint density at radius 1 is 1.20 bits per heavy atom. The maximum absolute atomic E-state index is 12.4. The van der Waals surface area contributed by atoms with Crippen molar-refractivity contribution >= 4 is 51.9 Å². The largest absolute Gasteiger partial charge is 0.325 e. The summed E-state index contributed by atoms with van der Waals surface area (Å²) in [6.45, 7) is 3.65. The van der Waals surface area contributed by atoms with Crippen molar-refractivity contribution in [1.82, 2.24) is 4.90 Å². The molecule has 1 aromatic heterocycles. The molecule has 0 bridgehead atoms. The third-order valence-electron chi connectivity index (χ3n) is 3.81. The topological polar surface area (TPSA) is 66.5 Å². The molecular formula is C18H16N2O3S2. The van der Waals surface area contributed by atoms with Crippen LogP contribution in [0.15, 0.2) is 39.9 Å². The summed E-state index contributed by atoms with van der Waals surface area (Å²) in [4.78, 5) is 37.9. The Morgan fingerprint density at radius 2 is 2.00 bits per heavy atom. The second-order valence-corrected chi connectivity index (χ2v) is 7.44. The fourth-order valence-electron chi connectivity index (χ4n) is 2.31. The van der Waals surface area contributed by atoms with Crippen LogP contribution in [0.25, 0.3) is 6.08 Å². The number of anilines is 1. The minimum Gasteiger partial charge on any atom is -0.325 e. The summed E-state index contributed by atoms with van der Waals surface area (Å²) in [5, 5.41) is 6.08. The Kier molecular flexibility index (Phi) is 5.06. The van der Waals surface area contributed by atoms with Crippen molar-refractivity contribution in [2.24, 2.45) is 0 Å². The molecule has 0 saturated carbocycles. The van der Waals surface area contributed by atoms with E-state index in [0.717, 1.165) is 33.4 Å². The zero-order chi connectivity index (χ0) is 18.0. The summed E-state index contributed by atoms with van der Waals surface area (Å²) in [5.74, 6) is -0.834. The first kappa shape index (κ1) is 17.4. The number of thiophene rings is 1. The lowest BCUT2D eigenvalue weighted by Gasteiger charge is -2.13. The molecule has 1 aliphatic heterocycles. The highest BCUT2D eigenvalue weighted by Crippen LogP contribution is 2.32. The molecule has 0 unspecified atom stereocenters. The van der Waals surface area contributed by atoms with Crippen LogP contribution in [0.1, 0.15) is 16.7 Å². The summed E-state index contributed by atoms with van der Waals surface area (Å²) in [6.07, 6.45) is 1.67. The lowest BCUT2D eigenvalue weighted by molar-refractivity contribution is -0.127. The molecule has 2 heterocycles. The Balaban J connectivity index is 1.67. The highest BCUT2D eigenvalue weighted by Gasteiger charge is 2.36. The van der Waals surface area contributed by atoms with Gasteiger partial charge in [-0.3, -0.25) is 19.3 Å². The molecule has 128 valence electrons. The molecule has 2 aromatic rings. The molecule has 7 heteroatoms. The Bertz CT molecular complexity index is 872. The number of aryl methyl sites for hydroxylation is 2. The van der Waals surface area contributed by atoms with Crippen molar-refractivity contribution in [3.63, 3.8) is 0 Å². The standard InChI is InChI=1S/C18H16N2O3S2/c1-11-3-4-14(7-12(11)2)19-16(21)9-20-17(22)15(25-18(20)23)8-13-5-6-24-10-13/h3-8,10H,9H2,1-2H3,(H,19,21)/b15-8+. The molecule has 3 amide bonds. The van der Waals surface area contributed by atoms with Gasteiger partial charge in [0.1, 0.15) is 6.54 Å². The average Bonchev–Trinajstić information content (AvgIpc) is 3.15. The maximum Gasteiger partial charge on any atom is 0.294 e. The molecule has 1 aliphatic rings. The number of hydrogen-bond donors (Lipinski definition) is 1. The second kappa shape index (κ2) is 7.25. The second-order valence-electron chi connectivity index (χ2n) is 5.67. The zero-order valence-electron chi connectivity index (χ0n) is 13.7. The Hall–Kier alpha value is -2.38. The quantitative estimate of drug-likeness (QED) is 0.823. The van der Waals surface area contributed by atoms with E-state index >= 15 is 0 Å². The van der Waals surface area contributed by atoms with Crippen LogP contribution in [0.3, 0.4) is 0 Å². The molecule has 5 nitrogen and oxygen atoms in total. The van der Waals surface area contributed by atoms with Gasteiger partial charge >= 0.3 is 0 Å². The van der Waals surface area contributed by atoms with Crippen molar-refractivity contribution in [2.45, 2.75) is 13.8 Å². The molecule has 0 atom stereocenters. The highest BCUT2D eigenvalue weighted by atomic mass is 32.2. The fourth-order valence-corrected chi connectivity index (χ4v) is 3.76. The molecule has 0 aliphatic carbocycles. The van der Waals surface area contributed by atoms with E-state index < -0.39 is 17.1 Å². The van der Waals surface area contributed by atoms with E-state index in [9.17, 15) is 14.4 Å². The van der Waals surface area contributed by atoms with Gasteiger partial charge in [0.2, 0.25) is 5.91 Å².